The fourth-order valence-corrected chi connectivity index (χ4v) is 2.03. The summed E-state index contributed by atoms with van der Waals surface area (Å²) in [6.45, 7) is 0.564. The summed E-state index contributed by atoms with van der Waals surface area (Å²) in [5.74, 6) is 0. The molecule has 0 saturated heterocycles. The van der Waals surface area contributed by atoms with Gasteiger partial charge in [0.05, 0.1) is 11.9 Å². The largest absolute Gasteiger partial charge is 0.326 e. The second-order valence-electron chi connectivity index (χ2n) is 4.41. The molecule has 3 rings (SSSR count). The number of nitrogens with zero attached hydrogens (tertiary/aromatic N) is 2. The van der Waals surface area contributed by atoms with Crippen LogP contribution in [0.25, 0.3) is 16.8 Å². The van der Waals surface area contributed by atoms with Crippen molar-refractivity contribution < 1.29 is 0 Å². The first-order valence-electron chi connectivity index (χ1n) is 6.26. The molecule has 1 heterocycles. The molecule has 0 saturated carbocycles. The van der Waals surface area contributed by atoms with Crippen LogP contribution in [0.1, 0.15) is 5.56 Å². The van der Waals surface area contributed by atoms with Gasteiger partial charge >= 0.3 is 0 Å². The Hall–Kier alpha value is -2.39. The maximum atomic E-state index is 5.60. The zero-order chi connectivity index (χ0) is 13.1. The number of nitrogens with two attached hydrogens (primary N) is 1. The third-order valence-electron chi connectivity index (χ3n) is 3.13. The van der Waals surface area contributed by atoms with E-state index in [-0.39, 0.29) is 0 Å². The van der Waals surface area contributed by atoms with Crippen LogP contribution in [0.4, 0.5) is 0 Å². The van der Waals surface area contributed by atoms with Crippen LogP contribution in [0, 0.1) is 0 Å². The highest BCUT2D eigenvalue weighted by atomic mass is 15.3. The van der Waals surface area contributed by atoms with Crippen LogP contribution in [0.15, 0.2) is 67.0 Å². The van der Waals surface area contributed by atoms with Crippen LogP contribution in [-0.4, -0.2) is 9.78 Å². The van der Waals surface area contributed by atoms with Crippen molar-refractivity contribution in [1.82, 2.24) is 9.78 Å². The Kier molecular flexibility index (Phi) is 3.12. The minimum atomic E-state index is 0.564. The quantitative estimate of drug-likeness (QED) is 0.775. The molecule has 0 aliphatic rings. The van der Waals surface area contributed by atoms with Gasteiger partial charge < -0.3 is 5.73 Å². The summed E-state index contributed by atoms with van der Waals surface area (Å²) in [5.41, 5.74) is 10.0. The van der Waals surface area contributed by atoms with E-state index in [1.54, 1.807) is 0 Å². The summed E-state index contributed by atoms with van der Waals surface area (Å²) in [5, 5.41) is 4.40. The van der Waals surface area contributed by atoms with Gasteiger partial charge in [-0.25, -0.2) is 4.68 Å². The predicted molar refractivity (Wildman–Crippen MR) is 76.9 cm³/mol. The van der Waals surface area contributed by atoms with Gasteiger partial charge in [-0.3, -0.25) is 0 Å². The number of aromatic nitrogens is 2. The highest BCUT2D eigenvalue weighted by molar-refractivity contribution is 5.62. The molecule has 94 valence electrons. The fourth-order valence-electron chi connectivity index (χ4n) is 2.03. The van der Waals surface area contributed by atoms with Gasteiger partial charge in [-0.05, 0) is 23.3 Å². The highest BCUT2D eigenvalue weighted by Crippen LogP contribution is 2.19. The second kappa shape index (κ2) is 5.08. The van der Waals surface area contributed by atoms with E-state index in [9.17, 15) is 0 Å². The van der Waals surface area contributed by atoms with Gasteiger partial charge in [0.2, 0.25) is 0 Å². The minimum Gasteiger partial charge on any atom is -0.326 e. The van der Waals surface area contributed by atoms with Gasteiger partial charge in [-0.15, -0.1) is 0 Å². The van der Waals surface area contributed by atoms with Gasteiger partial charge in [0.25, 0.3) is 0 Å². The number of benzene rings is 2. The molecule has 0 spiro atoms. The summed E-state index contributed by atoms with van der Waals surface area (Å²) in [4.78, 5) is 0. The first-order chi connectivity index (χ1) is 9.36. The van der Waals surface area contributed by atoms with Gasteiger partial charge in [0.1, 0.15) is 0 Å². The normalized spacial score (nSPS) is 10.6. The summed E-state index contributed by atoms with van der Waals surface area (Å²) < 4.78 is 1.88. The molecule has 2 N–H and O–H groups in total. The lowest BCUT2D eigenvalue weighted by Crippen LogP contribution is -1.98. The molecule has 0 unspecified atom stereocenters. The molecule has 0 aliphatic carbocycles. The third-order valence-corrected chi connectivity index (χ3v) is 3.13. The van der Waals surface area contributed by atoms with Crippen LogP contribution < -0.4 is 5.73 Å². The Balaban J connectivity index is 1.92. The Labute approximate surface area is 112 Å². The van der Waals surface area contributed by atoms with Crippen LogP contribution in [0.3, 0.4) is 0 Å². The first kappa shape index (κ1) is 11.7. The molecule has 0 aliphatic heterocycles. The van der Waals surface area contributed by atoms with E-state index >= 15 is 0 Å². The molecule has 0 amide bonds. The van der Waals surface area contributed by atoms with Crippen molar-refractivity contribution in [1.29, 1.82) is 0 Å². The minimum absolute atomic E-state index is 0.564. The Morgan fingerprint density at radius 2 is 1.63 bits per heavy atom. The molecule has 0 fully saturated rings. The van der Waals surface area contributed by atoms with Crippen molar-refractivity contribution in [3.63, 3.8) is 0 Å². The first-order valence-corrected chi connectivity index (χ1v) is 6.26. The van der Waals surface area contributed by atoms with Gasteiger partial charge in [-0.1, -0.05) is 42.5 Å². The highest BCUT2D eigenvalue weighted by Gasteiger charge is 2.02. The second-order valence-corrected chi connectivity index (χ2v) is 4.41. The topological polar surface area (TPSA) is 43.8 Å². The maximum absolute atomic E-state index is 5.60. The summed E-state index contributed by atoms with van der Waals surface area (Å²) in [6, 6.07) is 18.4. The van der Waals surface area contributed by atoms with E-state index in [2.05, 4.69) is 17.2 Å². The van der Waals surface area contributed by atoms with E-state index in [4.69, 9.17) is 5.73 Å². The van der Waals surface area contributed by atoms with Crippen molar-refractivity contribution in [3.05, 3.63) is 72.6 Å². The predicted octanol–water partition coefficient (Wildman–Crippen LogP) is 3.00. The zero-order valence-corrected chi connectivity index (χ0v) is 10.5. The maximum Gasteiger partial charge on any atom is 0.0646 e. The molecule has 3 nitrogen and oxygen atoms in total. The van der Waals surface area contributed by atoms with Crippen LogP contribution in [0.2, 0.25) is 0 Å². The molecular weight excluding hydrogens is 234 g/mol. The van der Waals surface area contributed by atoms with Crippen molar-refractivity contribution in [2.24, 2.45) is 5.73 Å². The Morgan fingerprint density at radius 1 is 0.895 bits per heavy atom. The SMILES string of the molecule is NCc1ccc(-n2cc(-c3ccccc3)cn2)cc1. The van der Waals surface area contributed by atoms with Crippen molar-refractivity contribution >= 4 is 0 Å². The molecule has 3 heteroatoms. The molecule has 0 radical (unpaired) electrons. The van der Waals surface area contributed by atoms with Crippen LogP contribution in [-0.2, 0) is 6.54 Å². The lowest BCUT2D eigenvalue weighted by molar-refractivity contribution is 0.879. The number of hydrogen-bond acceptors (Lipinski definition) is 2. The molecule has 3 aromatic rings. The fraction of sp³-hybridized carbons (Fsp3) is 0.0625. The Bertz CT molecular complexity index is 654. The monoisotopic (exact) mass is 249 g/mol. The molecule has 0 bridgehead atoms. The van der Waals surface area contributed by atoms with Crippen molar-refractivity contribution in [2.75, 3.05) is 0 Å². The van der Waals surface area contributed by atoms with Gasteiger partial charge in [-0.2, -0.15) is 5.10 Å². The van der Waals surface area contributed by atoms with Gasteiger partial charge in [0, 0.05) is 18.3 Å². The van der Waals surface area contributed by atoms with E-state index in [1.807, 2.05) is 59.5 Å². The van der Waals surface area contributed by atoms with Gasteiger partial charge in [0.15, 0.2) is 0 Å². The average Bonchev–Trinajstić information content (AvgIpc) is 2.98. The zero-order valence-electron chi connectivity index (χ0n) is 10.5. The molecule has 0 atom stereocenters. The Morgan fingerprint density at radius 3 is 2.32 bits per heavy atom. The van der Waals surface area contributed by atoms with E-state index < -0.39 is 0 Å². The standard InChI is InChI=1S/C16H15N3/c17-10-13-6-8-16(9-7-13)19-12-15(11-18-19)14-4-2-1-3-5-14/h1-9,11-12H,10,17H2. The summed E-state index contributed by atoms with van der Waals surface area (Å²) >= 11 is 0. The van der Waals surface area contributed by atoms with E-state index in [1.165, 1.54) is 5.56 Å². The molecule has 1 aromatic heterocycles. The van der Waals surface area contributed by atoms with E-state index in [0.29, 0.717) is 6.54 Å². The van der Waals surface area contributed by atoms with Crippen LogP contribution in [0.5, 0.6) is 0 Å². The summed E-state index contributed by atoms with van der Waals surface area (Å²) in [6.07, 6.45) is 3.92. The molecular formula is C16H15N3. The third kappa shape index (κ3) is 2.41. The van der Waals surface area contributed by atoms with Crippen molar-refractivity contribution in [2.45, 2.75) is 6.54 Å². The number of hydrogen-bond donors (Lipinski definition) is 1. The lowest BCUT2D eigenvalue weighted by Gasteiger charge is -2.02. The summed E-state index contributed by atoms with van der Waals surface area (Å²) in [7, 11) is 0. The van der Waals surface area contributed by atoms with Crippen LogP contribution >= 0.6 is 0 Å². The smallest absolute Gasteiger partial charge is 0.0646 e. The van der Waals surface area contributed by atoms with E-state index in [0.717, 1.165) is 16.8 Å². The molecule has 2 aromatic carbocycles. The lowest BCUT2D eigenvalue weighted by atomic mass is 10.1. The molecule has 19 heavy (non-hydrogen) atoms. The number of rotatable bonds is 3. The van der Waals surface area contributed by atoms with Crippen molar-refractivity contribution in [3.8, 4) is 16.8 Å². The average molecular weight is 249 g/mol.